The monoisotopic (exact) mass is 441 g/mol. The highest BCUT2D eigenvalue weighted by molar-refractivity contribution is 7.22. The molecule has 0 aliphatic carbocycles. The number of rotatable bonds is 7. The van der Waals surface area contributed by atoms with Gasteiger partial charge in [0.1, 0.15) is 5.82 Å². The van der Waals surface area contributed by atoms with Gasteiger partial charge in [-0.15, -0.1) is 12.4 Å². The molecule has 2 aromatic carbocycles. The van der Waals surface area contributed by atoms with Gasteiger partial charge in [-0.05, 0) is 55.6 Å². The molecule has 0 radical (unpaired) electrons. The normalized spacial score (nSPS) is 10.9. The van der Waals surface area contributed by atoms with E-state index in [1.165, 1.54) is 23.5 Å². The summed E-state index contributed by atoms with van der Waals surface area (Å²) in [5.41, 5.74) is 1.23. The largest absolute Gasteiger partial charge is 0.302 e. The van der Waals surface area contributed by atoms with Gasteiger partial charge in [0.05, 0.1) is 10.2 Å². The first kappa shape index (κ1) is 22.6. The molecule has 1 heterocycles. The Bertz CT molecular complexity index is 929. The van der Waals surface area contributed by atoms with Crippen LogP contribution in [0.4, 0.5) is 9.52 Å². The smallest absolute Gasteiger partial charge is 0.260 e. The third-order valence-corrected chi connectivity index (χ3v) is 5.73. The van der Waals surface area contributed by atoms with Gasteiger partial charge in [0, 0.05) is 23.7 Å². The highest BCUT2D eigenvalue weighted by Gasteiger charge is 2.22. The van der Waals surface area contributed by atoms with Crippen LogP contribution in [0.3, 0.4) is 0 Å². The number of carbonyl (C=O) groups is 1. The second-order valence-corrected chi connectivity index (χ2v) is 7.54. The van der Waals surface area contributed by atoms with Gasteiger partial charge in [0.25, 0.3) is 5.91 Å². The van der Waals surface area contributed by atoms with Gasteiger partial charge in [-0.1, -0.05) is 36.8 Å². The highest BCUT2D eigenvalue weighted by atomic mass is 35.5. The van der Waals surface area contributed by atoms with Gasteiger partial charge in [0.15, 0.2) is 5.13 Å². The van der Waals surface area contributed by atoms with Crippen LogP contribution in [0.15, 0.2) is 42.5 Å². The summed E-state index contributed by atoms with van der Waals surface area (Å²) in [6.07, 6.45) is 0. The Morgan fingerprint density at radius 3 is 2.43 bits per heavy atom. The van der Waals surface area contributed by atoms with Crippen LogP contribution >= 0.6 is 35.3 Å². The SMILES string of the molecule is CCN(CC)CCN(C(=O)c1ccc(Cl)cc1)c1nc2ccc(F)cc2s1.Cl. The van der Waals surface area contributed by atoms with Crippen molar-refractivity contribution in [1.29, 1.82) is 0 Å². The van der Waals surface area contributed by atoms with Crippen LogP contribution in [0.5, 0.6) is 0 Å². The molecule has 1 aromatic heterocycles. The van der Waals surface area contributed by atoms with Crippen LogP contribution < -0.4 is 4.90 Å². The van der Waals surface area contributed by atoms with E-state index in [2.05, 4.69) is 23.7 Å². The standard InChI is InChI=1S/C20H21ClFN3OS.ClH/c1-3-24(4-2)11-12-25(19(26)14-5-7-15(21)8-6-14)20-23-17-10-9-16(22)13-18(17)27-20;/h5-10,13H,3-4,11-12H2,1-2H3;1H. The number of hydrogen-bond donors (Lipinski definition) is 0. The molecule has 0 unspecified atom stereocenters. The minimum Gasteiger partial charge on any atom is -0.302 e. The fourth-order valence-electron chi connectivity index (χ4n) is 2.82. The van der Waals surface area contributed by atoms with Crippen molar-refractivity contribution in [2.75, 3.05) is 31.1 Å². The van der Waals surface area contributed by atoms with E-state index in [1.807, 2.05) is 0 Å². The molecule has 0 aliphatic heterocycles. The summed E-state index contributed by atoms with van der Waals surface area (Å²) in [5, 5.41) is 1.15. The molecule has 0 spiro atoms. The number of fused-ring (bicyclic) bond motifs is 1. The van der Waals surface area contributed by atoms with Crippen LogP contribution in [0.25, 0.3) is 10.2 Å². The van der Waals surface area contributed by atoms with Crippen molar-refractivity contribution in [2.45, 2.75) is 13.8 Å². The summed E-state index contributed by atoms with van der Waals surface area (Å²) in [6.45, 7) is 7.24. The van der Waals surface area contributed by atoms with Crippen molar-refractivity contribution < 1.29 is 9.18 Å². The van der Waals surface area contributed by atoms with Gasteiger partial charge in [-0.3, -0.25) is 9.69 Å². The lowest BCUT2D eigenvalue weighted by atomic mass is 10.2. The lowest BCUT2D eigenvalue weighted by Crippen LogP contribution is -2.38. The fourth-order valence-corrected chi connectivity index (χ4v) is 3.96. The number of amides is 1. The average molecular weight is 442 g/mol. The van der Waals surface area contributed by atoms with E-state index in [9.17, 15) is 9.18 Å². The lowest BCUT2D eigenvalue weighted by molar-refractivity contribution is 0.0984. The average Bonchev–Trinajstić information content (AvgIpc) is 3.08. The molecule has 4 nitrogen and oxygen atoms in total. The van der Waals surface area contributed by atoms with Crippen LogP contribution in [0.1, 0.15) is 24.2 Å². The summed E-state index contributed by atoms with van der Waals surface area (Å²) < 4.78 is 14.3. The Morgan fingerprint density at radius 1 is 1.11 bits per heavy atom. The number of carbonyl (C=O) groups excluding carboxylic acids is 1. The molecule has 150 valence electrons. The van der Waals surface area contributed by atoms with E-state index >= 15 is 0 Å². The van der Waals surface area contributed by atoms with E-state index in [0.717, 1.165) is 24.3 Å². The number of halogens is 3. The molecule has 0 N–H and O–H groups in total. The predicted molar refractivity (Wildman–Crippen MR) is 118 cm³/mol. The molecule has 0 fully saturated rings. The molecular formula is C20H22Cl2FN3OS. The highest BCUT2D eigenvalue weighted by Crippen LogP contribution is 2.30. The van der Waals surface area contributed by atoms with Gasteiger partial charge >= 0.3 is 0 Å². The number of aromatic nitrogens is 1. The summed E-state index contributed by atoms with van der Waals surface area (Å²) in [6, 6.07) is 11.3. The van der Waals surface area contributed by atoms with E-state index in [0.29, 0.717) is 27.8 Å². The van der Waals surface area contributed by atoms with E-state index in [4.69, 9.17) is 11.6 Å². The zero-order valence-corrected chi connectivity index (χ0v) is 18.1. The second kappa shape index (κ2) is 10.2. The Hall–Kier alpha value is -1.73. The number of thiazole rings is 1. The lowest BCUT2D eigenvalue weighted by Gasteiger charge is -2.24. The van der Waals surface area contributed by atoms with Crippen molar-refractivity contribution >= 4 is 56.6 Å². The maximum atomic E-state index is 13.5. The molecule has 0 bridgehead atoms. The predicted octanol–water partition coefficient (Wildman–Crippen LogP) is 5.50. The zero-order valence-electron chi connectivity index (χ0n) is 15.7. The van der Waals surface area contributed by atoms with Gasteiger partial charge < -0.3 is 4.90 Å². The van der Waals surface area contributed by atoms with Crippen molar-refractivity contribution in [1.82, 2.24) is 9.88 Å². The Kier molecular flexibility index (Phi) is 8.19. The Morgan fingerprint density at radius 2 is 1.79 bits per heavy atom. The molecular weight excluding hydrogens is 420 g/mol. The Labute approximate surface area is 179 Å². The number of nitrogens with zero attached hydrogens (tertiary/aromatic N) is 3. The van der Waals surface area contributed by atoms with E-state index < -0.39 is 0 Å². The third kappa shape index (κ3) is 5.20. The zero-order chi connectivity index (χ0) is 19.4. The minimum atomic E-state index is -0.309. The fraction of sp³-hybridized carbons (Fsp3) is 0.300. The molecule has 0 atom stereocenters. The quantitative estimate of drug-likeness (QED) is 0.485. The van der Waals surface area contributed by atoms with Gasteiger partial charge in [-0.25, -0.2) is 9.37 Å². The Balaban J connectivity index is 0.00000280. The molecule has 3 aromatic rings. The first-order chi connectivity index (χ1) is 13.0. The maximum absolute atomic E-state index is 13.5. The molecule has 1 amide bonds. The van der Waals surface area contributed by atoms with Gasteiger partial charge in [0.2, 0.25) is 0 Å². The number of anilines is 1. The van der Waals surface area contributed by atoms with Crippen LogP contribution in [0.2, 0.25) is 5.02 Å². The maximum Gasteiger partial charge on any atom is 0.260 e. The van der Waals surface area contributed by atoms with Crippen LogP contribution in [-0.2, 0) is 0 Å². The first-order valence-electron chi connectivity index (χ1n) is 8.87. The van der Waals surface area contributed by atoms with Crippen LogP contribution in [-0.4, -0.2) is 42.0 Å². The van der Waals surface area contributed by atoms with Crippen molar-refractivity contribution in [3.8, 4) is 0 Å². The molecule has 0 saturated carbocycles. The summed E-state index contributed by atoms with van der Waals surface area (Å²) in [5.74, 6) is -0.449. The first-order valence-corrected chi connectivity index (χ1v) is 10.1. The topological polar surface area (TPSA) is 36.4 Å². The summed E-state index contributed by atoms with van der Waals surface area (Å²) in [7, 11) is 0. The molecule has 0 saturated heterocycles. The second-order valence-electron chi connectivity index (χ2n) is 6.10. The van der Waals surface area contributed by atoms with E-state index in [-0.39, 0.29) is 24.1 Å². The number of likely N-dealkylation sites (N-methyl/N-ethyl adjacent to an activating group) is 1. The molecule has 0 aliphatic rings. The number of benzene rings is 2. The van der Waals surface area contributed by atoms with Gasteiger partial charge in [-0.2, -0.15) is 0 Å². The molecule has 3 rings (SSSR count). The molecule has 28 heavy (non-hydrogen) atoms. The van der Waals surface area contributed by atoms with Crippen molar-refractivity contribution in [3.63, 3.8) is 0 Å². The van der Waals surface area contributed by atoms with Crippen molar-refractivity contribution in [2.24, 2.45) is 0 Å². The van der Waals surface area contributed by atoms with E-state index in [1.54, 1.807) is 35.2 Å². The molecule has 8 heteroatoms. The minimum absolute atomic E-state index is 0. The number of hydrogen-bond acceptors (Lipinski definition) is 4. The summed E-state index contributed by atoms with van der Waals surface area (Å²) >= 11 is 7.27. The summed E-state index contributed by atoms with van der Waals surface area (Å²) in [4.78, 5) is 21.6. The van der Waals surface area contributed by atoms with Crippen molar-refractivity contribution in [3.05, 3.63) is 58.9 Å². The van der Waals surface area contributed by atoms with Crippen LogP contribution in [0, 0.1) is 5.82 Å². The third-order valence-electron chi connectivity index (χ3n) is 4.44.